The van der Waals surface area contributed by atoms with Crippen LogP contribution in [0.1, 0.15) is 11.1 Å². The highest BCUT2D eigenvalue weighted by Crippen LogP contribution is 2.29. The molecule has 0 atom stereocenters. The molecular formula is C22H17N3O2S. The van der Waals surface area contributed by atoms with Crippen LogP contribution in [-0.2, 0) is 9.59 Å². The predicted molar refractivity (Wildman–Crippen MR) is 115 cm³/mol. The van der Waals surface area contributed by atoms with Crippen LogP contribution in [0.5, 0.6) is 0 Å². The second-order valence-corrected chi connectivity index (χ2v) is 6.97. The molecule has 0 unspecified atom stereocenters. The third-order valence-corrected chi connectivity index (χ3v) is 4.99. The molecule has 1 fully saturated rings. The van der Waals surface area contributed by atoms with Gasteiger partial charge in [-0.3, -0.25) is 19.8 Å². The quantitative estimate of drug-likeness (QED) is 0.246. The summed E-state index contributed by atoms with van der Waals surface area (Å²) in [4.78, 5) is 31.5. The molecule has 1 saturated heterocycles. The second-order valence-electron chi connectivity index (χ2n) is 6.58. The topological polar surface area (TPSA) is 62.3 Å². The summed E-state index contributed by atoms with van der Waals surface area (Å²) in [6.45, 7) is 5.87. The maximum absolute atomic E-state index is 12.9. The first kappa shape index (κ1) is 18.0. The molecule has 6 heteroatoms. The van der Waals surface area contributed by atoms with Crippen LogP contribution in [0.25, 0.3) is 27.9 Å². The number of aryl methyl sites for hydroxylation is 1. The molecule has 2 amide bonds. The van der Waals surface area contributed by atoms with E-state index in [0.717, 1.165) is 32.9 Å². The fourth-order valence-corrected chi connectivity index (χ4v) is 3.58. The van der Waals surface area contributed by atoms with Crippen molar-refractivity contribution in [2.75, 3.05) is 6.54 Å². The van der Waals surface area contributed by atoms with Crippen molar-refractivity contribution in [3.05, 3.63) is 71.8 Å². The summed E-state index contributed by atoms with van der Waals surface area (Å²) in [6.07, 6.45) is 3.21. The molecule has 1 aliphatic rings. The molecule has 1 aliphatic heterocycles. The van der Waals surface area contributed by atoms with E-state index in [1.165, 1.54) is 4.90 Å². The Morgan fingerprint density at radius 3 is 2.68 bits per heavy atom. The van der Waals surface area contributed by atoms with E-state index in [1.807, 2.05) is 49.4 Å². The van der Waals surface area contributed by atoms with E-state index in [0.29, 0.717) is 0 Å². The summed E-state index contributed by atoms with van der Waals surface area (Å²) in [5, 5.41) is 4.44. The van der Waals surface area contributed by atoms with Gasteiger partial charge in [0.25, 0.3) is 11.8 Å². The maximum Gasteiger partial charge on any atom is 0.265 e. The first-order valence-electron chi connectivity index (χ1n) is 8.78. The third kappa shape index (κ3) is 2.97. The largest absolute Gasteiger partial charge is 0.298 e. The molecule has 0 radical (unpaired) electrons. The molecule has 0 bridgehead atoms. The molecule has 3 aromatic rings. The lowest BCUT2D eigenvalue weighted by atomic mass is 9.98. The van der Waals surface area contributed by atoms with Crippen LogP contribution in [0, 0.1) is 6.92 Å². The van der Waals surface area contributed by atoms with Gasteiger partial charge in [-0.25, -0.2) is 4.98 Å². The van der Waals surface area contributed by atoms with Gasteiger partial charge in [0.1, 0.15) is 5.57 Å². The number of aromatic nitrogens is 1. The number of hydrogen-bond donors (Lipinski definition) is 1. The minimum absolute atomic E-state index is 0.0367. The van der Waals surface area contributed by atoms with E-state index in [9.17, 15) is 9.59 Å². The van der Waals surface area contributed by atoms with Crippen molar-refractivity contribution in [3.8, 4) is 0 Å². The van der Waals surface area contributed by atoms with Gasteiger partial charge >= 0.3 is 0 Å². The van der Waals surface area contributed by atoms with Crippen molar-refractivity contribution in [1.82, 2.24) is 15.2 Å². The standard InChI is InChI=1S/C22H17N3O2S/c1-3-10-25-21(27)17(20(26)24-22(25)28)12-15-14-6-4-5-7-18(14)23-19-9-8-13(2)11-16(15)19/h3-9,11-12H,1,10H2,2H3,(H,24,26,28). The lowest BCUT2D eigenvalue weighted by Gasteiger charge is -2.28. The summed E-state index contributed by atoms with van der Waals surface area (Å²) in [6, 6.07) is 13.6. The van der Waals surface area contributed by atoms with Crippen LogP contribution in [0.2, 0.25) is 0 Å². The predicted octanol–water partition coefficient (Wildman–Crippen LogP) is 3.51. The van der Waals surface area contributed by atoms with Crippen molar-refractivity contribution >= 4 is 57.0 Å². The molecular weight excluding hydrogens is 370 g/mol. The first-order chi connectivity index (χ1) is 13.5. The summed E-state index contributed by atoms with van der Waals surface area (Å²) >= 11 is 5.12. The number of amides is 2. The zero-order valence-electron chi connectivity index (χ0n) is 15.2. The average molecular weight is 387 g/mol. The van der Waals surface area contributed by atoms with Gasteiger partial charge in [0, 0.05) is 17.3 Å². The monoisotopic (exact) mass is 387 g/mol. The smallest absolute Gasteiger partial charge is 0.265 e. The number of hydrogen-bond acceptors (Lipinski definition) is 4. The molecule has 1 N–H and O–H groups in total. The van der Waals surface area contributed by atoms with Gasteiger partial charge in [0.15, 0.2) is 5.11 Å². The van der Waals surface area contributed by atoms with Crippen LogP contribution in [-0.4, -0.2) is 33.4 Å². The number of nitrogens with one attached hydrogen (secondary N) is 1. The Morgan fingerprint density at radius 1 is 1.14 bits per heavy atom. The average Bonchev–Trinajstić information content (AvgIpc) is 2.68. The Morgan fingerprint density at radius 2 is 1.89 bits per heavy atom. The molecule has 138 valence electrons. The SMILES string of the molecule is C=CCN1C(=O)C(=Cc2c3ccccc3nc3ccc(C)cc23)C(=O)NC1=S. The molecule has 2 aromatic carbocycles. The van der Waals surface area contributed by atoms with Crippen molar-refractivity contribution in [1.29, 1.82) is 0 Å². The van der Waals surface area contributed by atoms with Crippen molar-refractivity contribution in [3.63, 3.8) is 0 Å². The van der Waals surface area contributed by atoms with Gasteiger partial charge < -0.3 is 0 Å². The third-order valence-electron chi connectivity index (χ3n) is 4.66. The van der Waals surface area contributed by atoms with Gasteiger partial charge in [0.05, 0.1) is 11.0 Å². The molecule has 0 saturated carbocycles. The van der Waals surface area contributed by atoms with Gasteiger partial charge in [-0.2, -0.15) is 0 Å². The lowest BCUT2D eigenvalue weighted by Crippen LogP contribution is -2.53. The number of fused-ring (bicyclic) bond motifs is 2. The summed E-state index contributed by atoms with van der Waals surface area (Å²) in [7, 11) is 0. The van der Waals surface area contributed by atoms with Crippen LogP contribution in [0.3, 0.4) is 0 Å². The van der Waals surface area contributed by atoms with Gasteiger partial charge in [-0.15, -0.1) is 6.58 Å². The normalized spacial score (nSPS) is 16.1. The molecule has 0 aliphatic carbocycles. The minimum atomic E-state index is -0.503. The van der Waals surface area contributed by atoms with E-state index in [1.54, 1.807) is 12.2 Å². The van der Waals surface area contributed by atoms with Crippen LogP contribution >= 0.6 is 12.2 Å². The Bertz CT molecular complexity index is 1210. The molecule has 1 aromatic heterocycles. The first-order valence-corrected chi connectivity index (χ1v) is 9.19. The Kier molecular flexibility index (Phi) is 4.49. The van der Waals surface area contributed by atoms with Crippen LogP contribution in [0.4, 0.5) is 0 Å². The molecule has 4 rings (SSSR count). The van der Waals surface area contributed by atoms with Crippen molar-refractivity contribution in [2.24, 2.45) is 0 Å². The van der Waals surface area contributed by atoms with E-state index in [2.05, 4.69) is 11.9 Å². The Hall–Kier alpha value is -3.38. The number of carbonyl (C=O) groups excluding carboxylic acids is 2. The van der Waals surface area contributed by atoms with Gasteiger partial charge in [0.2, 0.25) is 0 Å². The molecule has 28 heavy (non-hydrogen) atoms. The lowest BCUT2D eigenvalue weighted by molar-refractivity contribution is -0.128. The van der Waals surface area contributed by atoms with Crippen molar-refractivity contribution < 1.29 is 9.59 Å². The zero-order valence-corrected chi connectivity index (χ0v) is 16.0. The Labute approximate surface area is 167 Å². The van der Waals surface area contributed by atoms with E-state index >= 15 is 0 Å². The number of carbonyl (C=O) groups is 2. The van der Waals surface area contributed by atoms with Crippen LogP contribution < -0.4 is 5.32 Å². The number of benzene rings is 2. The summed E-state index contributed by atoms with van der Waals surface area (Å²) in [5.74, 6) is -0.938. The number of thiocarbonyl (C=S) groups is 1. The van der Waals surface area contributed by atoms with Gasteiger partial charge in [-0.1, -0.05) is 35.9 Å². The van der Waals surface area contributed by atoms with E-state index in [4.69, 9.17) is 17.2 Å². The number of rotatable bonds is 3. The Balaban J connectivity index is 2.00. The van der Waals surface area contributed by atoms with Gasteiger partial charge in [-0.05, 0) is 49.0 Å². The van der Waals surface area contributed by atoms with Crippen LogP contribution in [0.15, 0.2) is 60.7 Å². The number of nitrogens with zero attached hydrogens (tertiary/aromatic N) is 2. The maximum atomic E-state index is 12.9. The highest BCUT2D eigenvalue weighted by atomic mass is 32.1. The molecule has 2 heterocycles. The van der Waals surface area contributed by atoms with Crippen molar-refractivity contribution in [2.45, 2.75) is 6.92 Å². The number of para-hydroxylation sites is 1. The highest BCUT2D eigenvalue weighted by molar-refractivity contribution is 7.80. The summed E-state index contributed by atoms with van der Waals surface area (Å²) < 4.78 is 0. The summed E-state index contributed by atoms with van der Waals surface area (Å²) in [5.41, 5.74) is 3.49. The second kappa shape index (κ2) is 6.98. The highest BCUT2D eigenvalue weighted by Gasteiger charge is 2.32. The zero-order chi connectivity index (χ0) is 19.8. The molecule has 5 nitrogen and oxygen atoms in total. The van der Waals surface area contributed by atoms with E-state index < -0.39 is 11.8 Å². The number of pyridine rings is 1. The minimum Gasteiger partial charge on any atom is -0.298 e. The fraction of sp³-hybridized carbons (Fsp3) is 0.0909. The molecule has 0 spiro atoms. The fourth-order valence-electron chi connectivity index (χ4n) is 3.33. The van der Waals surface area contributed by atoms with E-state index in [-0.39, 0.29) is 17.2 Å².